The molecular weight excluding hydrogens is 310 g/mol. The van der Waals surface area contributed by atoms with Crippen LogP contribution in [0.25, 0.3) is 6.08 Å². The summed E-state index contributed by atoms with van der Waals surface area (Å²) in [7, 11) is 0. The van der Waals surface area contributed by atoms with Crippen molar-refractivity contribution in [3.8, 4) is 0 Å². The Kier molecular flexibility index (Phi) is 4.48. The van der Waals surface area contributed by atoms with Gasteiger partial charge in [0.1, 0.15) is 0 Å². The molecule has 4 nitrogen and oxygen atoms in total. The molecule has 0 atom stereocenters. The molecular formula is C18H19NO3S. The van der Waals surface area contributed by atoms with Gasteiger partial charge < -0.3 is 9.30 Å². The summed E-state index contributed by atoms with van der Waals surface area (Å²) in [5.41, 5.74) is 3.67. The van der Waals surface area contributed by atoms with Gasteiger partial charge in [-0.25, -0.2) is 4.79 Å². The summed E-state index contributed by atoms with van der Waals surface area (Å²) >= 11 is 1.56. The number of thiophene rings is 1. The fraction of sp³-hybridized carbons (Fsp3) is 0.333. The summed E-state index contributed by atoms with van der Waals surface area (Å²) in [4.78, 5) is 24.0. The van der Waals surface area contributed by atoms with Crippen molar-refractivity contribution in [3.63, 3.8) is 0 Å². The van der Waals surface area contributed by atoms with Gasteiger partial charge in [-0.15, -0.1) is 0 Å². The highest BCUT2D eigenvalue weighted by atomic mass is 32.1. The first kappa shape index (κ1) is 15.7. The van der Waals surface area contributed by atoms with Crippen LogP contribution in [-0.2, 0) is 9.53 Å². The highest BCUT2D eigenvalue weighted by molar-refractivity contribution is 7.08. The topological polar surface area (TPSA) is 48.3 Å². The van der Waals surface area contributed by atoms with Gasteiger partial charge in [-0.2, -0.15) is 11.3 Å². The van der Waals surface area contributed by atoms with E-state index in [1.54, 1.807) is 17.4 Å². The predicted octanol–water partition coefficient (Wildman–Crippen LogP) is 3.94. The normalized spacial score (nSPS) is 14.3. The Morgan fingerprint density at radius 2 is 2.17 bits per heavy atom. The van der Waals surface area contributed by atoms with E-state index in [4.69, 9.17) is 4.74 Å². The van der Waals surface area contributed by atoms with Gasteiger partial charge in [0.15, 0.2) is 6.61 Å². The molecule has 0 bridgehead atoms. The highest BCUT2D eigenvalue weighted by Gasteiger charge is 2.28. The van der Waals surface area contributed by atoms with Crippen molar-refractivity contribution < 1.29 is 14.3 Å². The summed E-state index contributed by atoms with van der Waals surface area (Å²) in [5, 5.41) is 3.87. The van der Waals surface area contributed by atoms with E-state index in [0.29, 0.717) is 11.6 Å². The van der Waals surface area contributed by atoms with E-state index >= 15 is 0 Å². The third kappa shape index (κ3) is 3.62. The standard InChI is InChI=1S/C18H19NO3S/c1-12-9-16(13(2)19(12)15-4-5-15)17(20)10-22-18(21)6-3-14-7-8-23-11-14/h3,6-9,11,15H,4-5,10H2,1-2H3/b6-3+. The number of nitrogens with zero attached hydrogens (tertiary/aromatic N) is 1. The van der Waals surface area contributed by atoms with Crippen LogP contribution in [0.3, 0.4) is 0 Å². The Morgan fingerprint density at radius 3 is 2.83 bits per heavy atom. The molecule has 1 aliphatic rings. The number of carbonyl (C=O) groups excluding carboxylic acids is 2. The number of aryl methyl sites for hydroxylation is 1. The molecule has 2 aromatic heterocycles. The van der Waals surface area contributed by atoms with E-state index in [1.807, 2.05) is 36.7 Å². The number of esters is 1. The van der Waals surface area contributed by atoms with Crippen molar-refractivity contribution in [1.29, 1.82) is 0 Å². The van der Waals surface area contributed by atoms with Gasteiger partial charge >= 0.3 is 5.97 Å². The van der Waals surface area contributed by atoms with Crippen LogP contribution in [0, 0.1) is 13.8 Å². The molecule has 0 amide bonds. The highest BCUT2D eigenvalue weighted by Crippen LogP contribution is 2.38. The predicted molar refractivity (Wildman–Crippen MR) is 90.8 cm³/mol. The number of hydrogen-bond donors (Lipinski definition) is 0. The van der Waals surface area contributed by atoms with Crippen molar-refractivity contribution in [2.24, 2.45) is 0 Å². The zero-order chi connectivity index (χ0) is 16.4. The molecule has 0 aliphatic heterocycles. The molecule has 0 spiro atoms. The van der Waals surface area contributed by atoms with Crippen molar-refractivity contribution in [1.82, 2.24) is 4.57 Å². The minimum atomic E-state index is -0.499. The monoisotopic (exact) mass is 329 g/mol. The molecule has 1 aliphatic carbocycles. The first-order valence-electron chi connectivity index (χ1n) is 7.65. The minimum absolute atomic E-state index is 0.151. The Balaban J connectivity index is 1.59. The Morgan fingerprint density at radius 1 is 1.39 bits per heavy atom. The third-order valence-electron chi connectivity index (χ3n) is 4.00. The van der Waals surface area contributed by atoms with Gasteiger partial charge in [-0.3, -0.25) is 4.79 Å². The number of ketones is 1. The van der Waals surface area contributed by atoms with E-state index in [9.17, 15) is 9.59 Å². The molecule has 0 saturated heterocycles. The maximum Gasteiger partial charge on any atom is 0.331 e. The zero-order valence-electron chi connectivity index (χ0n) is 13.2. The largest absolute Gasteiger partial charge is 0.454 e. The Bertz CT molecular complexity index is 752. The van der Waals surface area contributed by atoms with Crippen LogP contribution in [0.4, 0.5) is 0 Å². The molecule has 0 unspecified atom stereocenters. The zero-order valence-corrected chi connectivity index (χ0v) is 14.1. The van der Waals surface area contributed by atoms with Crippen LogP contribution in [0.2, 0.25) is 0 Å². The molecule has 3 rings (SSSR count). The van der Waals surface area contributed by atoms with Crippen LogP contribution in [-0.4, -0.2) is 22.9 Å². The van der Waals surface area contributed by atoms with E-state index < -0.39 is 5.97 Å². The van der Waals surface area contributed by atoms with Gasteiger partial charge in [-0.05, 0) is 61.2 Å². The first-order chi connectivity index (χ1) is 11.1. The van der Waals surface area contributed by atoms with Crippen LogP contribution >= 0.6 is 11.3 Å². The third-order valence-corrected chi connectivity index (χ3v) is 4.70. The fourth-order valence-corrected chi connectivity index (χ4v) is 3.38. The quantitative estimate of drug-likeness (QED) is 0.458. The van der Waals surface area contributed by atoms with Crippen molar-refractivity contribution in [2.75, 3.05) is 6.61 Å². The summed E-state index contributed by atoms with van der Waals surface area (Å²) in [6.45, 7) is 3.75. The summed E-state index contributed by atoms with van der Waals surface area (Å²) in [6.07, 6.45) is 5.38. The molecule has 0 radical (unpaired) electrons. The number of carbonyl (C=O) groups is 2. The van der Waals surface area contributed by atoms with Gasteiger partial charge in [0.25, 0.3) is 0 Å². The van der Waals surface area contributed by atoms with Gasteiger partial charge in [0.2, 0.25) is 5.78 Å². The molecule has 0 aromatic carbocycles. The molecule has 120 valence electrons. The average molecular weight is 329 g/mol. The number of hydrogen-bond acceptors (Lipinski definition) is 4. The summed E-state index contributed by atoms with van der Waals surface area (Å²) < 4.78 is 7.27. The Labute approximate surface area is 139 Å². The lowest BCUT2D eigenvalue weighted by molar-refractivity contribution is -0.136. The van der Waals surface area contributed by atoms with E-state index in [2.05, 4.69) is 4.57 Å². The molecule has 0 N–H and O–H groups in total. The molecule has 2 heterocycles. The fourth-order valence-electron chi connectivity index (χ4n) is 2.75. The minimum Gasteiger partial charge on any atom is -0.454 e. The second kappa shape index (κ2) is 6.54. The second-order valence-corrected chi connectivity index (χ2v) is 6.59. The number of aromatic nitrogens is 1. The molecule has 2 aromatic rings. The van der Waals surface area contributed by atoms with Crippen molar-refractivity contribution in [2.45, 2.75) is 32.7 Å². The lowest BCUT2D eigenvalue weighted by atomic mass is 10.1. The lowest BCUT2D eigenvalue weighted by Gasteiger charge is -2.07. The number of Topliss-reactive ketones (excluding diaryl/α,β-unsaturated/α-hetero) is 1. The summed E-state index contributed by atoms with van der Waals surface area (Å²) in [5.74, 6) is -0.650. The van der Waals surface area contributed by atoms with Gasteiger partial charge in [-0.1, -0.05) is 0 Å². The van der Waals surface area contributed by atoms with Crippen LogP contribution in [0.1, 0.15) is 46.2 Å². The average Bonchev–Trinajstić information content (AvgIpc) is 3.12. The Hall–Kier alpha value is -2.14. The van der Waals surface area contributed by atoms with Gasteiger partial charge in [0, 0.05) is 29.1 Å². The number of ether oxygens (including phenoxy) is 1. The van der Waals surface area contributed by atoms with Crippen molar-refractivity contribution in [3.05, 3.63) is 51.5 Å². The maximum atomic E-state index is 12.3. The summed E-state index contributed by atoms with van der Waals surface area (Å²) in [6, 6.07) is 4.34. The van der Waals surface area contributed by atoms with E-state index in [-0.39, 0.29) is 12.4 Å². The van der Waals surface area contributed by atoms with Gasteiger partial charge in [0.05, 0.1) is 0 Å². The van der Waals surface area contributed by atoms with Crippen molar-refractivity contribution >= 4 is 29.2 Å². The smallest absolute Gasteiger partial charge is 0.331 e. The van der Waals surface area contributed by atoms with E-state index in [1.165, 1.54) is 18.9 Å². The molecule has 23 heavy (non-hydrogen) atoms. The first-order valence-corrected chi connectivity index (χ1v) is 8.59. The second-order valence-electron chi connectivity index (χ2n) is 5.81. The maximum absolute atomic E-state index is 12.3. The molecule has 1 fully saturated rings. The number of rotatable bonds is 6. The molecule has 1 saturated carbocycles. The SMILES string of the molecule is Cc1cc(C(=O)COC(=O)/C=C/c2ccsc2)c(C)n1C1CC1. The van der Waals surface area contributed by atoms with E-state index in [0.717, 1.165) is 17.0 Å². The molecule has 5 heteroatoms. The van der Waals surface area contributed by atoms with Crippen LogP contribution in [0.5, 0.6) is 0 Å². The lowest BCUT2D eigenvalue weighted by Crippen LogP contribution is -2.13. The van der Waals surface area contributed by atoms with Crippen LogP contribution in [0.15, 0.2) is 29.0 Å². The van der Waals surface area contributed by atoms with Crippen LogP contribution < -0.4 is 0 Å².